The molecule has 0 atom stereocenters. The second-order valence-electron chi connectivity index (χ2n) is 6.88. The van der Waals surface area contributed by atoms with Crippen LogP contribution in [0.1, 0.15) is 30.3 Å². The molecule has 0 bridgehead atoms. The number of nitrogens with one attached hydrogen (secondary N) is 1. The maximum atomic E-state index is 14.6. The second-order valence-corrected chi connectivity index (χ2v) is 6.88. The number of fused-ring (bicyclic) bond motifs is 1. The van der Waals surface area contributed by atoms with Crippen LogP contribution in [0.3, 0.4) is 0 Å². The summed E-state index contributed by atoms with van der Waals surface area (Å²) in [6.07, 6.45) is 5.49. The molecule has 0 unspecified atom stereocenters. The Labute approximate surface area is 149 Å². The van der Waals surface area contributed by atoms with E-state index in [0.29, 0.717) is 30.5 Å². The zero-order valence-electron chi connectivity index (χ0n) is 14.5. The molecule has 3 aromatic rings. The maximum Gasteiger partial charge on any atom is 0.186 e. The van der Waals surface area contributed by atoms with Gasteiger partial charge in [-0.25, -0.2) is 24.3 Å². The molecule has 9 heteroatoms. The molecule has 134 valence electrons. The molecule has 4 heterocycles. The molecule has 1 aliphatic carbocycles. The van der Waals surface area contributed by atoms with Crippen molar-refractivity contribution in [1.82, 2.24) is 30.1 Å². The molecule has 2 fully saturated rings. The van der Waals surface area contributed by atoms with Crippen LogP contribution in [-0.2, 0) is 0 Å². The zero-order valence-corrected chi connectivity index (χ0v) is 14.5. The van der Waals surface area contributed by atoms with Crippen LogP contribution in [0.25, 0.3) is 11.0 Å². The van der Waals surface area contributed by atoms with Gasteiger partial charge in [0, 0.05) is 32.1 Å². The Morgan fingerprint density at radius 3 is 2.50 bits per heavy atom. The van der Waals surface area contributed by atoms with Gasteiger partial charge < -0.3 is 9.80 Å². The van der Waals surface area contributed by atoms with Crippen molar-refractivity contribution in [3.05, 3.63) is 29.9 Å². The number of aryl methyl sites for hydroxylation is 1. The first-order valence-electron chi connectivity index (χ1n) is 8.88. The molecular weight excluding hydrogens is 335 g/mol. The molecule has 3 aromatic heterocycles. The van der Waals surface area contributed by atoms with Gasteiger partial charge in [-0.1, -0.05) is 0 Å². The van der Waals surface area contributed by atoms with Gasteiger partial charge in [0.05, 0.1) is 17.3 Å². The molecule has 1 saturated carbocycles. The highest BCUT2D eigenvalue weighted by atomic mass is 19.1. The summed E-state index contributed by atoms with van der Waals surface area (Å²) in [7, 11) is 0. The monoisotopic (exact) mass is 354 g/mol. The summed E-state index contributed by atoms with van der Waals surface area (Å²) in [5, 5.41) is 7.81. The van der Waals surface area contributed by atoms with E-state index in [-0.39, 0.29) is 5.82 Å². The second kappa shape index (κ2) is 5.86. The van der Waals surface area contributed by atoms with E-state index >= 15 is 0 Å². The minimum Gasteiger partial charge on any atom is -0.352 e. The normalized spacial score (nSPS) is 17.9. The number of hydrogen-bond acceptors (Lipinski definition) is 7. The zero-order chi connectivity index (χ0) is 17.7. The number of piperazine rings is 1. The quantitative estimate of drug-likeness (QED) is 0.767. The summed E-state index contributed by atoms with van der Waals surface area (Å²) in [5.74, 6) is 2.20. The summed E-state index contributed by atoms with van der Waals surface area (Å²) in [6, 6.07) is 0. The van der Waals surface area contributed by atoms with Crippen molar-refractivity contribution in [2.75, 3.05) is 36.0 Å². The highest BCUT2D eigenvalue weighted by molar-refractivity contribution is 5.86. The van der Waals surface area contributed by atoms with Gasteiger partial charge in [0.15, 0.2) is 17.3 Å². The van der Waals surface area contributed by atoms with Crippen molar-refractivity contribution in [1.29, 1.82) is 0 Å². The van der Waals surface area contributed by atoms with Crippen LogP contribution < -0.4 is 9.80 Å². The molecule has 1 N–H and O–H groups in total. The summed E-state index contributed by atoms with van der Waals surface area (Å²) in [6.45, 7) is 4.55. The van der Waals surface area contributed by atoms with E-state index in [4.69, 9.17) is 0 Å². The Morgan fingerprint density at radius 1 is 1.04 bits per heavy atom. The van der Waals surface area contributed by atoms with Crippen molar-refractivity contribution in [3.63, 3.8) is 0 Å². The fourth-order valence-electron chi connectivity index (χ4n) is 3.43. The Morgan fingerprint density at radius 2 is 1.77 bits per heavy atom. The summed E-state index contributed by atoms with van der Waals surface area (Å²) in [5.41, 5.74) is 1.17. The number of nitrogens with zero attached hydrogens (tertiary/aromatic N) is 7. The van der Waals surface area contributed by atoms with E-state index in [9.17, 15) is 4.39 Å². The largest absolute Gasteiger partial charge is 0.352 e. The lowest BCUT2D eigenvalue weighted by Gasteiger charge is -2.36. The van der Waals surface area contributed by atoms with Crippen LogP contribution >= 0.6 is 0 Å². The molecule has 8 nitrogen and oxygen atoms in total. The maximum absolute atomic E-state index is 14.6. The third-order valence-electron chi connectivity index (χ3n) is 5.06. The summed E-state index contributed by atoms with van der Waals surface area (Å²) in [4.78, 5) is 21.7. The predicted octanol–water partition coefficient (Wildman–Crippen LogP) is 1.79. The Bertz CT molecular complexity index is 959. The van der Waals surface area contributed by atoms with Crippen LogP contribution in [0.2, 0.25) is 0 Å². The van der Waals surface area contributed by atoms with Crippen molar-refractivity contribution in [3.8, 4) is 0 Å². The van der Waals surface area contributed by atoms with Crippen molar-refractivity contribution in [2.24, 2.45) is 0 Å². The molecule has 1 saturated heterocycles. The topological polar surface area (TPSA) is 86.7 Å². The molecule has 1 aliphatic heterocycles. The highest BCUT2D eigenvalue weighted by Gasteiger charge is 2.30. The fourth-order valence-corrected chi connectivity index (χ4v) is 3.43. The van der Waals surface area contributed by atoms with E-state index in [1.165, 1.54) is 6.33 Å². The Kier molecular flexibility index (Phi) is 3.47. The van der Waals surface area contributed by atoms with Crippen molar-refractivity contribution in [2.45, 2.75) is 25.7 Å². The SMILES string of the molecule is Cc1nc(C2CC2)nc(N2CCN(c3ncnc4[nH]ncc34)CC2)c1F. The van der Waals surface area contributed by atoms with E-state index in [2.05, 4.69) is 35.0 Å². The molecule has 5 rings (SSSR count). The van der Waals surface area contributed by atoms with Crippen LogP contribution in [0.15, 0.2) is 12.5 Å². The number of anilines is 2. The van der Waals surface area contributed by atoms with Gasteiger partial charge in [0.1, 0.15) is 18.0 Å². The number of rotatable bonds is 3. The molecule has 2 aliphatic rings. The van der Waals surface area contributed by atoms with Crippen LogP contribution in [0, 0.1) is 12.7 Å². The number of aromatic amines is 1. The standard InChI is InChI=1S/C17H19FN8/c1-10-13(18)17(23-14(22-10)11-2-3-11)26-6-4-25(5-7-26)16-12-8-21-24-15(12)19-9-20-16/h8-9,11H,2-7H2,1H3,(H,19,20,21,24). The lowest BCUT2D eigenvalue weighted by molar-refractivity contribution is 0.569. The summed E-state index contributed by atoms with van der Waals surface area (Å²) >= 11 is 0. The van der Waals surface area contributed by atoms with E-state index in [1.54, 1.807) is 13.1 Å². The number of hydrogen-bond donors (Lipinski definition) is 1. The first kappa shape index (κ1) is 15.4. The van der Waals surface area contributed by atoms with E-state index in [1.807, 2.05) is 4.90 Å². The Balaban J connectivity index is 1.38. The Hall–Kier alpha value is -2.84. The minimum absolute atomic E-state index is 0.304. The molecule has 26 heavy (non-hydrogen) atoms. The minimum atomic E-state index is -0.304. The van der Waals surface area contributed by atoms with Gasteiger partial charge >= 0.3 is 0 Å². The van der Waals surface area contributed by atoms with Crippen molar-refractivity contribution >= 4 is 22.7 Å². The lowest BCUT2D eigenvalue weighted by Crippen LogP contribution is -2.47. The molecule has 0 spiro atoms. The van der Waals surface area contributed by atoms with Gasteiger partial charge in [0.25, 0.3) is 0 Å². The molecule has 0 radical (unpaired) electrons. The molecule has 0 aromatic carbocycles. The van der Waals surface area contributed by atoms with Gasteiger partial charge in [-0.05, 0) is 19.8 Å². The van der Waals surface area contributed by atoms with E-state index in [0.717, 1.165) is 48.6 Å². The smallest absolute Gasteiger partial charge is 0.186 e. The van der Waals surface area contributed by atoms with Gasteiger partial charge in [-0.2, -0.15) is 5.10 Å². The third-order valence-corrected chi connectivity index (χ3v) is 5.06. The van der Waals surface area contributed by atoms with Gasteiger partial charge in [0.2, 0.25) is 0 Å². The summed E-state index contributed by atoms with van der Waals surface area (Å²) < 4.78 is 14.6. The van der Waals surface area contributed by atoms with Gasteiger partial charge in [-0.15, -0.1) is 0 Å². The van der Waals surface area contributed by atoms with Gasteiger partial charge in [-0.3, -0.25) is 5.10 Å². The highest BCUT2D eigenvalue weighted by Crippen LogP contribution is 2.39. The number of aromatic nitrogens is 6. The lowest BCUT2D eigenvalue weighted by atomic mass is 10.2. The van der Waals surface area contributed by atoms with Crippen LogP contribution in [-0.4, -0.2) is 56.3 Å². The van der Waals surface area contributed by atoms with Crippen LogP contribution in [0.4, 0.5) is 16.0 Å². The predicted molar refractivity (Wildman–Crippen MR) is 94.8 cm³/mol. The third kappa shape index (κ3) is 2.54. The first-order valence-corrected chi connectivity index (χ1v) is 8.88. The average Bonchev–Trinajstić information content (AvgIpc) is 3.40. The number of H-pyrrole nitrogens is 1. The first-order chi connectivity index (χ1) is 12.7. The molecule has 0 amide bonds. The van der Waals surface area contributed by atoms with Crippen LogP contribution in [0.5, 0.6) is 0 Å². The fraction of sp³-hybridized carbons (Fsp3) is 0.471. The molecular formula is C17H19FN8. The van der Waals surface area contributed by atoms with Crippen molar-refractivity contribution < 1.29 is 4.39 Å². The average molecular weight is 354 g/mol. The van der Waals surface area contributed by atoms with E-state index < -0.39 is 0 Å². The number of halogens is 1.